The smallest absolute Gasteiger partial charge is 0.0409 e. The van der Waals surface area contributed by atoms with E-state index < -0.39 is 0 Å². The fourth-order valence-corrected chi connectivity index (χ4v) is 5.68. The van der Waals surface area contributed by atoms with Gasteiger partial charge in [0.2, 0.25) is 0 Å². The van der Waals surface area contributed by atoms with E-state index in [1.807, 2.05) is 0 Å². The second-order valence-corrected chi connectivity index (χ2v) is 8.24. The molecule has 4 aliphatic carbocycles. The Morgan fingerprint density at radius 3 is 1.00 bits per heavy atom. The molecule has 0 nitrogen and oxygen atoms in total. The van der Waals surface area contributed by atoms with Gasteiger partial charge in [0.15, 0.2) is 0 Å². The third-order valence-corrected chi connectivity index (χ3v) is 6.24. The Hall–Kier alpha value is 0. The quantitative estimate of drug-likeness (QED) is 0.518. The van der Waals surface area contributed by atoms with Crippen LogP contribution in [-0.2, 0) is 0 Å². The molecule has 0 aromatic carbocycles. The summed E-state index contributed by atoms with van der Waals surface area (Å²) in [4.78, 5) is 0. The SMILES string of the molecule is CC1C[C@H]2CC[C@@H](C1)C2.CC1C[C@H]2CC[C@@H](C1)C2. The van der Waals surface area contributed by atoms with Gasteiger partial charge in [-0.2, -0.15) is 0 Å². The summed E-state index contributed by atoms with van der Waals surface area (Å²) in [5.41, 5.74) is 0. The average Bonchev–Trinajstić information content (AvgIpc) is 2.83. The second-order valence-electron chi connectivity index (χ2n) is 8.24. The van der Waals surface area contributed by atoms with E-state index in [4.69, 9.17) is 0 Å². The van der Waals surface area contributed by atoms with Crippen LogP contribution in [0.25, 0.3) is 0 Å². The van der Waals surface area contributed by atoms with Gasteiger partial charge >= 0.3 is 0 Å². The van der Waals surface area contributed by atoms with Crippen LogP contribution in [-0.4, -0.2) is 0 Å². The molecule has 0 N–H and O–H groups in total. The van der Waals surface area contributed by atoms with Crippen LogP contribution in [0.15, 0.2) is 0 Å². The minimum atomic E-state index is 1.05. The summed E-state index contributed by atoms with van der Waals surface area (Å²) in [6.07, 6.45) is 15.5. The molecule has 0 spiro atoms. The van der Waals surface area contributed by atoms with E-state index >= 15 is 0 Å². The monoisotopic (exact) mass is 248 g/mol. The predicted molar refractivity (Wildman–Crippen MR) is 78.5 cm³/mol. The highest BCUT2D eigenvalue weighted by atomic mass is 14.4. The molecule has 0 aromatic rings. The number of fused-ring (bicyclic) bond motifs is 4. The minimum absolute atomic E-state index is 1.05. The Labute approximate surface area is 114 Å². The Morgan fingerprint density at radius 2 is 0.722 bits per heavy atom. The largest absolute Gasteiger partial charge is 0.0625 e. The van der Waals surface area contributed by atoms with E-state index in [2.05, 4.69) is 13.8 Å². The van der Waals surface area contributed by atoms with Crippen molar-refractivity contribution in [1.82, 2.24) is 0 Å². The average molecular weight is 248 g/mol. The standard InChI is InChI=1S/2C9H16/c2*1-7-4-8-2-3-9(5-7)6-8/h2*7-9H,2-6H2,1H3/t2*7?,8-,9+. The van der Waals surface area contributed by atoms with Crippen molar-refractivity contribution in [2.75, 3.05) is 0 Å². The maximum atomic E-state index is 2.42. The fourth-order valence-electron chi connectivity index (χ4n) is 5.68. The molecule has 4 fully saturated rings. The molecule has 6 atom stereocenters. The summed E-state index contributed by atoms with van der Waals surface area (Å²) in [6.45, 7) is 4.84. The third kappa shape index (κ3) is 3.11. The van der Waals surface area contributed by atoms with E-state index in [1.165, 1.54) is 25.7 Å². The highest BCUT2D eigenvalue weighted by molar-refractivity contribution is 4.84. The Morgan fingerprint density at radius 1 is 0.444 bits per heavy atom. The lowest BCUT2D eigenvalue weighted by molar-refractivity contribution is 0.278. The van der Waals surface area contributed by atoms with E-state index in [0.717, 1.165) is 35.5 Å². The predicted octanol–water partition coefficient (Wildman–Crippen LogP) is 5.67. The summed E-state index contributed by atoms with van der Waals surface area (Å²) in [7, 11) is 0. The van der Waals surface area contributed by atoms with Crippen LogP contribution in [0.4, 0.5) is 0 Å². The van der Waals surface area contributed by atoms with E-state index in [-0.39, 0.29) is 0 Å². The first-order valence-electron chi connectivity index (χ1n) is 8.69. The molecule has 0 radical (unpaired) electrons. The summed E-state index contributed by atoms with van der Waals surface area (Å²) in [5, 5.41) is 0. The van der Waals surface area contributed by atoms with Crippen molar-refractivity contribution in [2.24, 2.45) is 35.5 Å². The Bertz CT molecular complexity index is 217. The van der Waals surface area contributed by atoms with Crippen LogP contribution in [0.5, 0.6) is 0 Å². The van der Waals surface area contributed by atoms with Gasteiger partial charge in [0.1, 0.15) is 0 Å². The molecule has 4 saturated carbocycles. The molecule has 0 heterocycles. The molecule has 18 heavy (non-hydrogen) atoms. The van der Waals surface area contributed by atoms with Gasteiger partial charge in [-0.15, -0.1) is 0 Å². The van der Waals surface area contributed by atoms with Gasteiger partial charge in [-0.1, -0.05) is 39.5 Å². The van der Waals surface area contributed by atoms with Crippen molar-refractivity contribution in [3.8, 4) is 0 Å². The van der Waals surface area contributed by atoms with Crippen molar-refractivity contribution in [3.63, 3.8) is 0 Å². The van der Waals surface area contributed by atoms with Crippen LogP contribution >= 0.6 is 0 Å². The molecular weight excluding hydrogens is 216 g/mol. The number of hydrogen-bond acceptors (Lipinski definition) is 0. The van der Waals surface area contributed by atoms with Crippen LogP contribution in [0.2, 0.25) is 0 Å². The van der Waals surface area contributed by atoms with Gasteiger partial charge in [-0.3, -0.25) is 0 Å². The first kappa shape index (κ1) is 13.0. The topological polar surface area (TPSA) is 0 Å². The first-order valence-corrected chi connectivity index (χ1v) is 8.69. The van der Waals surface area contributed by atoms with Gasteiger partial charge in [0, 0.05) is 0 Å². The lowest BCUT2D eigenvalue weighted by Crippen LogP contribution is -2.12. The van der Waals surface area contributed by atoms with Crippen molar-refractivity contribution in [1.29, 1.82) is 0 Å². The van der Waals surface area contributed by atoms with Gasteiger partial charge in [-0.05, 0) is 74.0 Å². The van der Waals surface area contributed by atoms with Crippen LogP contribution in [0, 0.1) is 35.5 Å². The van der Waals surface area contributed by atoms with Gasteiger partial charge in [0.05, 0.1) is 0 Å². The van der Waals surface area contributed by atoms with Crippen LogP contribution in [0.1, 0.15) is 78.1 Å². The second kappa shape index (κ2) is 5.55. The minimum Gasteiger partial charge on any atom is -0.0625 e. The summed E-state index contributed by atoms with van der Waals surface area (Å²) >= 11 is 0. The lowest BCUT2D eigenvalue weighted by Gasteiger charge is -2.23. The van der Waals surface area contributed by atoms with E-state index in [9.17, 15) is 0 Å². The molecule has 0 saturated heterocycles. The maximum absolute atomic E-state index is 2.42. The molecular formula is C18H32. The Balaban J connectivity index is 0.000000111. The maximum Gasteiger partial charge on any atom is -0.0409 e. The summed E-state index contributed by atoms with van der Waals surface area (Å²) in [6, 6.07) is 0. The highest BCUT2D eigenvalue weighted by Crippen LogP contribution is 2.44. The molecule has 0 heteroatoms. The fraction of sp³-hybridized carbons (Fsp3) is 1.00. The van der Waals surface area contributed by atoms with Gasteiger partial charge < -0.3 is 0 Å². The lowest BCUT2D eigenvalue weighted by atomic mass is 9.82. The normalized spacial score (nSPS) is 49.7. The summed E-state index contributed by atoms with van der Waals surface area (Å²) < 4.78 is 0. The van der Waals surface area contributed by atoms with Crippen molar-refractivity contribution in [2.45, 2.75) is 78.1 Å². The third-order valence-electron chi connectivity index (χ3n) is 6.24. The molecule has 4 rings (SSSR count). The Kier molecular flexibility index (Phi) is 4.01. The van der Waals surface area contributed by atoms with Crippen molar-refractivity contribution < 1.29 is 0 Å². The number of rotatable bonds is 0. The molecule has 4 aliphatic rings. The molecule has 2 unspecified atom stereocenters. The van der Waals surface area contributed by atoms with Crippen molar-refractivity contribution in [3.05, 3.63) is 0 Å². The molecule has 104 valence electrons. The van der Waals surface area contributed by atoms with Crippen LogP contribution in [0.3, 0.4) is 0 Å². The highest BCUT2D eigenvalue weighted by Gasteiger charge is 2.32. The summed E-state index contributed by atoms with van der Waals surface area (Å²) in [5.74, 6) is 6.66. The van der Waals surface area contributed by atoms with E-state index in [0.29, 0.717) is 0 Å². The van der Waals surface area contributed by atoms with Crippen LogP contribution < -0.4 is 0 Å². The van der Waals surface area contributed by atoms with E-state index in [1.54, 1.807) is 38.5 Å². The molecule has 0 amide bonds. The first-order chi connectivity index (χ1) is 8.69. The zero-order chi connectivity index (χ0) is 12.5. The van der Waals surface area contributed by atoms with Gasteiger partial charge in [-0.25, -0.2) is 0 Å². The van der Waals surface area contributed by atoms with Gasteiger partial charge in [0.25, 0.3) is 0 Å². The molecule has 0 aromatic heterocycles. The molecule has 4 bridgehead atoms. The number of hydrogen-bond donors (Lipinski definition) is 0. The molecule has 0 aliphatic heterocycles. The zero-order valence-corrected chi connectivity index (χ0v) is 12.5. The van der Waals surface area contributed by atoms with Crippen molar-refractivity contribution >= 4 is 0 Å². The zero-order valence-electron chi connectivity index (χ0n) is 12.5.